The van der Waals surface area contributed by atoms with E-state index in [0.717, 1.165) is 12.8 Å². The number of esters is 1. The van der Waals surface area contributed by atoms with Crippen LogP contribution in [0.1, 0.15) is 33.6 Å². The molecule has 0 heterocycles. The van der Waals surface area contributed by atoms with Crippen molar-refractivity contribution in [2.45, 2.75) is 39.2 Å². The molecule has 2 atom stereocenters. The Morgan fingerprint density at radius 2 is 2.13 bits per heavy atom. The van der Waals surface area contributed by atoms with E-state index in [0.29, 0.717) is 5.92 Å². The molecule has 0 amide bonds. The molecule has 0 aromatic heterocycles. The monoisotopic (exact) mass is 206 g/mol. The van der Waals surface area contributed by atoms with E-state index in [1.165, 1.54) is 0 Å². The van der Waals surface area contributed by atoms with Gasteiger partial charge in [0, 0.05) is 0 Å². The van der Waals surface area contributed by atoms with Gasteiger partial charge in [-0.1, -0.05) is 24.3 Å². The number of fused-ring (bicyclic) bond motifs is 2. The Morgan fingerprint density at radius 3 is 2.80 bits per heavy atom. The molecule has 0 aromatic carbocycles. The lowest BCUT2D eigenvalue weighted by Gasteiger charge is -2.30. The van der Waals surface area contributed by atoms with Gasteiger partial charge in [-0.15, -0.1) is 0 Å². The molecule has 2 rings (SSSR count). The maximum absolute atomic E-state index is 12.1. The molecule has 2 aliphatic rings. The first-order valence-corrected chi connectivity index (χ1v) is 5.52. The van der Waals surface area contributed by atoms with Crippen LogP contribution in [0.3, 0.4) is 0 Å². The molecule has 0 spiro atoms. The quantitative estimate of drug-likeness (QED) is 0.487. The van der Waals surface area contributed by atoms with Crippen LogP contribution in [0.5, 0.6) is 0 Å². The van der Waals surface area contributed by atoms with Crippen LogP contribution in [0.15, 0.2) is 24.3 Å². The van der Waals surface area contributed by atoms with Gasteiger partial charge in [0.2, 0.25) is 0 Å². The molecule has 2 aliphatic carbocycles. The SMILES string of the molecule is CC(C)(C)OC(=O)C12C=CCC(C=C1)C2. The number of carbonyl (C=O) groups excluding carboxylic acids is 1. The number of ether oxygens (including phenoxy) is 1. The van der Waals surface area contributed by atoms with Crippen molar-refractivity contribution in [3.8, 4) is 0 Å². The molecule has 2 heteroatoms. The Bertz CT molecular complexity index is 329. The molecule has 2 unspecified atom stereocenters. The van der Waals surface area contributed by atoms with Crippen molar-refractivity contribution in [2.75, 3.05) is 0 Å². The van der Waals surface area contributed by atoms with Crippen LogP contribution in [0.2, 0.25) is 0 Å². The molecular formula is C13H18O2. The van der Waals surface area contributed by atoms with Crippen molar-refractivity contribution in [1.82, 2.24) is 0 Å². The summed E-state index contributed by atoms with van der Waals surface area (Å²) < 4.78 is 5.46. The molecule has 0 aromatic rings. The van der Waals surface area contributed by atoms with Crippen LogP contribution in [0.4, 0.5) is 0 Å². The fourth-order valence-electron chi connectivity index (χ4n) is 2.21. The number of carbonyl (C=O) groups is 1. The number of rotatable bonds is 1. The molecule has 2 nitrogen and oxygen atoms in total. The van der Waals surface area contributed by atoms with Gasteiger partial charge in [-0.05, 0) is 39.5 Å². The second kappa shape index (κ2) is 3.22. The summed E-state index contributed by atoms with van der Waals surface area (Å²) in [5, 5.41) is 0. The Hall–Kier alpha value is -1.05. The van der Waals surface area contributed by atoms with E-state index in [1.807, 2.05) is 32.9 Å². The predicted octanol–water partition coefficient (Wildman–Crippen LogP) is 2.85. The largest absolute Gasteiger partial charge is 0.459 e. The predicted molar refractivity (Wildman–Crippen MR) is 59.3 cm³/mol. The van der Waals surface area contributed by atoms with Gasteiger partial charge in [0.15, 0.2) is 0 Å². The number of hydrogen-bond acceptors (Lipinski definition) is 2. The lowest BCUT2D eigenvalue weighted by molar-refractivity contribution is -0.162. The first kappa shape index (κ1) is 10.5. The third kappa shape index (κ3) is 1.99. The Balaban J connectivity index is 2.17. The van der Waals surface area contributed by atoms with Gasteiger partial charge in [-0.2, -0.15) is 0 Å². The normalized spacial score (nSPS) is 33.1. The van der Waals surface area contributed by atoms with Crippen molar-refractivity contribution >= 4 is 5.97 Å². The molecule has 0 N–H and O–H groups in total. The lowest BCUT2D eigenvalue weighted by atomic mass is 9.80. The highest BCUT2D eigenvalue weighted by Gasteiger charge is 2.43. The molecule has 2 bridgehead atoms. The summed E-state index contributed by atoms with van der Waals surface area (Å²) in [7, 11) is 0. The first-order valence-electron chi connectivity index (χ1n) is 5.52. The average Bonchev–Trinajstić information content (AvgIpc) is 2.41. The maximum Gasteiger partial charge on any atom is 0.320 e. The van der Waals surface area contributed by atoms with Crippen molar-refractivity contribution in [1.29, 1.82) is 0 Å². The first-order chi connectivity index (χ1) is 6.91. The van der Waals surface area contributed by atoms with Gasteiger partial charge >= 0.3 is 5.97 Å². The summed E-state index contributed by atoms with van der Waals surface area (Å²) in [6.45, 7) is 5.72. The van der Waals surface area contributed by atoms with Crippen LogP contribution < -0.4 is 0 Å². The van der Waals surface area contributed by atoms with Crippen molar-refractivity contribution in [3.63, 3.8) is 0 Å². The zero-order valence-electron chi connectivity index (χ0n) is 9.62. The van der Waals surface area contributed by atoms with E-state index < -0.39 is 11.0 Å². The minimum absolute atomic E-state index is 0.107. The zero-order chi connectivity index (χ0) is 11.1. The van der Waals surface area contributed by atoms with Gasteiger partial charge in [-0.3, -0.25) is 4.79 Å². The van der Waals surface area contributed by atoms with Crippen LogP contribution in [-0.2, 0) is 9.53 Å². The Morgan fingerprint density at radius 1 is 1.40 bits per heavy atom. The average molecular weight is 206 g/mol. The van der Waals surface area contributed by atoms with E-state index in [4.69, 9.17) is 4.74 Å². The molecular weight excluding hydrogens is 188 g/mol. The van der Waals surface area contributed by atoms with Crippen molar-refractivity contribution in [3.05, 3.63) is 24.3 Å². The molecule has 0 fully saturated rings. The van der Waals surface area contributed by atoms with Gasteiger partial charge < -0.3 is 4.74 Å². The summed E-state index contributed by atoms with van der Waals surface area (Å²) in [6, 6.07) is 0. The van der Waals surface area contributed by atoms with E-state index in [9.17, 15) is 4.79 Å². The van der Waals surface area contributed by atoms with Crippen LogP contribution >= 0.6 is 0 Å². The Kier molecular flexibility index (Phi) is 2.25. The molecule has 82 valence electrons. The second-order valence-electron chi connectivity index (χ2n) is 5.50. The Labute approximate surface area is 91.0 Å². The van der Waals surface area contributed by atoms with Crippen molar-refractivity contribution < 1.29 is 9.53 Å². The molecule has 0 radical (unpaired) electrons. The fourth-order valence-corrected chi connectivity index (χ4v) is 2.21. The highest BCUT2D eigenvalue weighted by atomic mass is 16.6. The molecule has 0 saturated heterocycles. The van der Waals surface area contributed by atoms with E-state index in [1.54, 1.807) is 0 Å². The number of hydrogen-bond donors (Lipinski definition) is 0. The maximum atomic E-state index is 12.1. The number of allylic oxidation sites excluding steroid dienone is 2. The van der Waals surface area contributed by atoms with E-state index in [-0.39, 0.29) is 5.97 Å². The zero-order valence-corrected chi connectivity index (χ0v) is 9.62. The van der Waals surface area contributed by atoms with Crippen molar-refractivity contribution in [2.24, 2.45) is 11.3 Å². The summed E-state index contributed by atoms with van der Waals surface area (Å²) >= 11 is 0. The van der Waals surface area contributed by atoms with Crippen LogP contribution in [-0.4, -0.2) is 11.6 Å². The summed E-state index contributed by atoms with van der Waals surface area (Å²) in [6.07, 6.45) is 10.2. The highest BCUT2D eigenvalue weighted by Crippen LogP contribution is 2.43. The van der Waals surface area contributed by atoms with Gasteiger partial charge in [0.1, 0.15) is 11.0 Å². The lowest BCUT2D eigenvalue weighted by Crippen LogP contribution is -2.35. The third-order valence-electron chi connectivity index (χ3n) is 2.90. The standard InChI is InChI=1S/C13H18O2/c1-12(2,3)15-11(14)13-7-4-5-10(9-13)6-8-13/h4,6-8,10H,5,9H2,1-3H3. The molecule has 0 aliphatic heterocycles. The minimum Gasteiger partial charge on any atom is -0.459 e. The summed E-state index contributed by atoms with van der Waals surface area (Å²) in [4.78, 5) is 12.1. The summed E-state index contributed by atoms with van der Waals surface area (Å²) in [5.74, 6) is 0.423. The van der Waals surface area contributed by atoms with Crippen LogP contribution in [0, 0.1) is 11.3 Å². The van der Waals surface area contributed by atoms with E-state index in [2.05, 4.69) is 12.2 Å². The molecule has 0 saturated carbocycles. The topological polar surface area (TPSA) is 26.3 Å². The second-order valence-corrected chi connectivity index (χ2v) is 5.50. The minimum atomic E-state index is -0.462. The fraction of sp³-hybridized carbons (Fsp3) is 0.615. The summed E-state index contributed by atoms with van der Waals surface area (Å²) in [5.41, 5.74) is -0.862. The van der Waals surface area contributed by atoms with Gasteiger partial charge in [-0.25, -0.2) is 0 Å². The highest BCUT2D eigenvalue weighted by molar-refractivity contribution is 5.83. The van der Waals surface area contributed by atoms with Crippen LogP contribution in [0.25, 0.3) is 0 Å². The third-order valence-corrected chi connectivity index (χ3v) is 2.90. The van der Waals surface area contributed by atoms with E-state index >= 15 is 0 Å². The smallest absolute Gasteiger partial charge is 0.320 e. The van der Waals surface area contributed by atoms with Gasteiger partial charge in [0.25, 0.3) is 0 Å². The van der Waals surface area contributed by atoms with Gasteiger partial charge in [0.05, 0.1) is 0 Å². The molecule has 15 heavy (non-hydrogen) atoms.